The molecule has 1 aliphatic carbocycles. The van der Waals surface area contributed by atoms with Crippen molar-refractivity contribution in [2.75, 3.05) is 24.6 Å². The van der Waals surface area contributed by atoms with Gasteiger partial charge in [0.15, 0.2) is 5.25 Å². The molecule has 0 N–H and O–H groups in total. The average Bonchev–Trinajstić information content (AvgIpc) is 2.48. The Bertz CT molecular complexity index is 564. The van der Waals surface area contributed by atoms with Gasteiger partial charge in [0.25, 0.3) is 0 Å². The van der Waals surface area contributed by atoms with E-state index in [1.165, 1.54) is 5.56 Å². The van der Waals surface area contributed by atoms with E-state index in [9.17, 15) is 9.59 Å². The molecule has 1 saturated heterocycles. The maximum atomic E-state index is 12.9. The fraction of sp³-hybridized carbons (Fsp3) is 0.529. The topological polar surface area (TPSA) is 37.4 Å². The van der Waals surface area contributed by atoms with Gasteiger partial charge in [-0.05, 0) is 12.0 Å². The van der Waals surface area contributed by atoms with Crippen LogP contribution in [0, 0.1) is 5.92 Å². The van der Waals surface area contributed by atoms with E-state index < -0.39 is 0 Å². The van der Waals surface area contributed by atoms with Gasteiger partial charge in [0.1, 0.15) is 11.5 Å². The Kier molecular flexibility index (Phi) is 4.07. The molecule has 0 bridgehead atoms. The van der Waals surface area contributed by atoms with Crippen LogP contribution in [0.5, 0.6) is 0 Å². The van der Waals surface area contributed by atoms with Crippen LogP contribution in [0.3, 0.4) is 0 Å². The molecular formula is C17H22NO2S+. The summed E-state index contributed by atoms with van der Waals surface area (Å²) in [4.78, 5) is 26.2. The van der Waals surface area contributed by atoms with E-state index in [0.29, 0.717) is 11.7 Å². The molecule has 1 aromatic rings. The summed E-state index contributed by atoms with van der Waals surface area (Å²) in [6, 6.07) is 8.05. The molecule has 3 rings (SSSR count). The highest BCUT2D eigenvalue weighted by Gasteiger charge is 2.46. The van der Waals surface area contributed by atoms with Gasteiger partial charge in [-0.25, -0.2) is 0 Å². The zero-order valence-electron chi connectivity index (χ0n) is 12.7. The van der Waals surface area contributed by atoms with Crippen molar-refractivity contribution in [2.45, 2.75) is 25.5 Å². The number of hydrogen-bond acceptors (Lipinski definition) is 2. The molecular weight excluding hydrogens is 282 g/mol. The Morgan fingerprint density at radius 3 is 2.57 bits per heavy atom. The summed E-state index contributed by atoms with van der Waals surface area (Å²) >= 11 is 0. The first kappa shape index (κ1) is 14.6. The summed E-state index contributed by atoms with van der Waals surface area (Å²) in [6.45, 7) is 5.48. The van der Waals surface area contributed by atoms with E-state index in [0.717, 1.165) is 36.6 Å². The minimum atomic E-state index is 0.121. The smallest absolute Gasteiger partial charge is 0.219 e. The summed E-state index contributed by atoms with van der Waals surface area (Å²) in [6.07, 6.45) is 1.01. The molecule has 1 aliphatic heterocycles. The Hall–Kier alpha value is -1.29. The molecule has 2 atom stereocenters. The van der Waals surface area contributed by atoms with Crippen molar-refractivity contribution in [2.24, 2.45) is 5.92 Å². The molecule has 0 radical (unpaired) electrons. The molecule has 4 heteroatoms. The minimum Gasteiger partial charge on any atom is -0.334 e. The van der Waals surface area contributed by atoms with Crippen LogP contribution in [-0.2, 0) is 22.1 Å². The van der Waals surface area contributed by atoms with Gasteiger partial charge in [0.05, 0.1) is 13.1 Å². The molecule has 2 unspecified atom stereocenters. The molecule has 1 amide bonds. The number of rotatable bonds is 1. The number of ketones is 1. The second kappa shape index (κ2) is 5.84. The van der Waals surface area contributed by atoms with Crippen LogP contribution in [0.2, 0.25) is 0 Å². The predicted octanol–water partition coefficient (Wildman–Crippen LogP) is 1.91. The van der Waals surface area contributed by atoms with Crippen molar-refractivity contribution in [1.29, 1.82) is 0 Å². The third kappa shape index (κ3) is 2.73. The summed E-state index contributed by atoms with van der Waals surface area (Å²) in [7, 11) is 0.121. The zero-order valence-corrected chi connectivity index (χ0v) is 13.5. The fourth-order valence-electron chi connectivity index (χ4n) is 3.52. The van der Waals surface area contributed by atoms with Crippen LogP contribution in [0.1, 0.15) is 29.8 Å². The van der Waals surface area contributed by atoms with E-state index in [1.54, 1.807) is 6.92 Å². The van der Waals surface area contributed by atoms with Crippen molar-refractivity contribution < 1.29 is 9.59 Å². The molecule has 1 fully saturated rings. The molecule has 2 aliphatic rings. The number of hydrogen-bond donors (Lipinski definition) is 0. The van der Waals surface area contributed by atoms with Crippen molar-refractivity contribution in [3.05, 3.63) is 35.4 Å². The van der Waals surface area contributed by atoms with E-state index >= 15 is 0 Å². The van der Waals surface area contributed by atoms with E-state index in [4.69, 9.17) is 0 Å². The van der Waals surface area contributed by atoms with Gasteiger partial charge in [0.2, 0.25) is 11.7 Å². The molecule has 112 valence electrons. The van der Waals surface area contributed by atoms with Gasteiger partial charge in [-0.1, -0.05) is 31.2 Å². The van der Waals surface area contributed by atoms with Crippen molar-refractivity contribution in [3.63, 3.8) is 0 Å². The van der Waals surface area contributed by atoms with Crippen LogP contribution in [-0.4, -0.2) is 46.4 Å². The maximum absolute atomic E-state index is 12.9. The fourth-order valence-corrected chi connectivity index (χ4v) is 6.33. The summed E-state index contributed by atoms with van der Waals surface area (Å²) in [5.74, 6) is 2.89. The number of nitrogens with zero attached hydrogens (tertiary/aromatic N) is 1. The number of carbonyl (C=O) groups is 2. The lowest BCUT2D eigenvalue weighted by molar-refractivity contribution is -0.128. The minimum absolute atomic E-state index is 0.121. The average molecular weight is 304 g/mol. The lowest BCUT2D eigenvalue weighted by Crippen LogP contribution is -2.51. The number of fused-ring (bicyclic) bond motifs is 1. The Balaban J connectivity index is 1.78. The van der Waals surface area contributed by atoms with Crippen molar-refractivity contribution >= 4 is 22.6 Å². The highest BCUT2D eigenvalue weighted by atomic mass is 32.2. The second-order valence-electron chi connectivity index (χ2n) is 6.08. The van der Waals surface area contributed by atoms with Crippen molar-refractivity contribution in [1.82, 2.24) is 4.90 Å². The lowest BCUT2D eigenvalue weighted by atomic mass is 9.84. The predicted molar refractivity (Wildman–Crippen MR) is 86.8 cm³/mol. The van der Waals surface area contributed by atoms with E-state index in [1.807, 2.05) is 23.1 Å². The van der Waals surface area contributed by atoms with Gasteiger partial charge in [0, 0.05) is 29.3 Å². The quantitative estimate of drug-likeness (QED) is 0.743. The second-order valence-corrected chi connectivity index (χ2v) is 8.47. The third-order valence-corrected chi connectivity index (χ3v) is 7.46. The van der Waals surface area contributed by atoms with Crippen LogP contribution >= 0.6 is 0 Å². The molecule has 1 aromatic carbocycles. The molecule has 1 heterocycles. The van der Waals surface area contributed by atoms with Crippen LogP contribution in [0.4, 0.5) is 0 Å². The van der Waals surface area contributed by atoms with Crippen molar-refractivity contribution in [3.8, 4) is 0 Å². The number of benzene rings is 1. The third-order valence-electron chi connectivity index (χ3n) is 4.65. The highest BCUT2D eigenvalue weighted by molar-refractivity contribution is 7.98. The molecule has 21 heavy (non-hydrogen) atoms. The van der Waals surface area contributed by atoms with Gasteiger partial charge < -0.3 is 4.90 Å². The normalized spacial score (nSPS) is 26.6. The van der Waals surface area contributed by atoms with Crippen LogP contribution < -0.4 is 0 Å². The molecule has 3 nitrogen and oxygen atoms in total. The lowest BCUT2D eigenvalue weighted by Gasteiger charge is -2.33. The Morgan fingerprint density at radius 1 is 1.24 bits per heavy atom. The highest BCUT2D eigenvalue weighted by Crippen LogP contribution is 2.32. The first-order valence-electron chi connectivity index (χ1n) is 7.62. The van der Waals surface area contributed by atoms with E-state index in [-0.39, 0.29) is 22.1 Å². The summed E-state index contributed by atoms with van der Waals surface area (Å²) in [5, 5.41) is 0.161. The van der Waals surface area contributed by atoms with Gasteiger partial charge in [-0.15, -0.1) is 0 Å². The SMILES string of the molecule is CC(=O)N1CC[S+](C2C(=O)c3ccccc3CC2C)CC1. The van der Waals surface area contributed by atoms with E-state index in [2.05, 4.69) is 13.0 Å². The zero-order chi connectivity index (χ0) is 15.0. The van der Waals surface area contributed by atoms with Crippen LogP contribution in [0.15, 0.2) is 24.3 Å². The van der Waals surface area contributed by atoms with Gasteiger partial charge in [-0.3, -0.25) is 9.59 Å². The standard InChI is InChI=1S/C17H22NO2S/c1-12-11-14-5-3-4-6-15(14)16(20)17(12)21-9-7-18(8-10-21)13(2)19/h3-6,12,17H,7-11H2,1-2H3/q+1. The Morgan fingerprint density at radius 2 is 1.90 bits per heavy atom. The largest absolute Gasteiger partial charge is 0.334 e. The first-order valence-corrected chi connectivity index (χ1v) is 9.24. The summed E-state index contributed by atoms with van der Waals surface area (Å²) < 4.78 is 0. The Labute approximate surface area is 129 Å². The molecule has 0 aromatic heterocycles. The number of amides is 1. The first-order chi connectivity index (χ1) is 10.1. The monoisotopic (exact) mass is 304 g/mol. The van der Waals surface area contributed by atoms with Gasteiger partial charge in [-0.2, -0.15) is 0 Å². The number of Topliss-reactive ketones (excluding diaryl/α,β-unsaturated/α-hetero) is 1. The molecule has 0 spiro atoms. The number of carbonyl (C=O) groups excluding carboxylic acids is 2. The van der Waals surface area contributed by atoms with Gasteiger partial charge >= 0.3 is 0 Å². The van der Waals surface area contributed by atoms with Crippen LogP contribution in [0.25, 0.3) is 0 Å². The maximum Gasteiger partial charge on any atom is 0.219 e. The molecule has 0 saturated carbocycles. The summed E-state index contributed by atoms with van der Waals surface area (Å²) in [5.41, 5.74) is 2.14.